The minimum atomic E-state index is -0.515. The molecular formula is C15H21FO4. The summed E-state index contributed by atoms with van der Waals surface area (Å²) in [5, 5.41) is 8.74. The topological polar surface area (TPSA) is 47.9 Å². The first-order valence-corrected chi connectivity index (χ1v) is 7.04. The quantitative estimate of drug-likeness (QED) is 0.782. The van der Waals surface area contributed by atoms with Crippen molar-refractivity contribution in [2.75, 3.05) is 19.8 Å². The zero-order valence-electron chi connectivity index (χ0n) is 11.7. The lowest BCUT2D eigenvalue weighted by atomic mass is 10.1. The summed E-state index contributed by atoms with van der Waals surface area (Å²) in [7, 11) is 0. The summed E-state index contributed by atoms with van der Waals surface area (Å²) in [5.74, 6) is -0.158. The van der Waals surface area contributed by atoms with Gasteiger partial charge in [0.25, 0.3) is 0 Å². The highest BCUT2D eigenvalue weighted by molar-refractivity contribution is 5.30. The van der Waals surface area contributed by atoms with Crippen LogP contribution in [0.2, 0.25) is 0 Å². The highest BCUT2D eigenvalue weighted by Gasteiger charge is 2.27. The van der Waals surface area contributed by atoms with E-state index in [1.165, 1.54) is 6.07 Å². The average Bonchev–Trinajstić information content (AvgIpc) is 2.90. The van der Waals surface area contributed by atoms with Gasteiger partial charge < -0.3 is 19.3 Å². The number of ether oxygens (including phenoxy) is 3. The predicted octanol–water partition coefficient (Wildman–Crippen LogP) is 2.80. The van der Waals surface area contributed by atoms with Crippen LogP contribution in [0.25, 0.3) is 0 Å². The Morgan fingerprint density at radius 3 is 2.95 bits per heavy atom. The summed E-state index contributed by atoms with van der Waals surface area (Å²) in [6.07, 6.45) is 2.01. The predicted molar refractivity (Wildman–Crippen MR) is 72.1 cm³/mol. The fraction of sp³-hybridized carbons (Fsp3) is 0.600. The van der Waals surface area contributed by atoms with Crippen molar-refractivity contribution in [3.8, 4) is 5.75 Å². The second-order valence-corrected chi connectivity index (χ2v) is 4.77. The molecule has 0 amide bonds. The largest absolute Gasteiger partial charge is 0.491 e. The number of aliphatic hydroxyl groups is 1. The van der Waals surface area contributed by atoms with Gasteiger partial charge in [0.15, 0.2) is 17.9 Å². The van der Waals surface area contributed by atoms with Crippen LogP contribution in [0.15, 0.2) is 18.2 Å². The molecule has 1 aliphatic rings. The van der Waals surface area contributed by atoms with Crippen molar-refractivity contribution < 1.29 is 23.7 Å². The molecule has 0 radical (unpaired) electrons. The first-order valence-electron chi connectivity index (χ1n) is 7.04. The first-order chi connectivity index (χ1) is 9.74. The molecule has 1 fully saturated rings. The minimum Gasteiger partial charge on any atom is -0.491 e. The van der Waals surface area contributed by atoms with Gasteiger partial charge in [-0.3, -0.25) is 0 Å². The zero-order chi connectivity index (χ0) is 14.4. The van der Waals surface area contributed by atoms with Gasteiger partial charge in [0.2, 0.25) is 0 Å². The summed E-state index contributed by atoms with van der Waals surface area (Å²) in [5.41, 5.74) is 0.663. The zero-order valence-corrected chi connectivity index (χ0v) is 11.7. The number of unbranched alkanes of at least 4 members (excludes halogenated alkanes) is 1. The van der Waals surface area contributed by atoms with Crippen molar-refractivity contribution in [2.45, 2.75) is 38.6 Å². The number of hydrogen-bond acceptors (Lipinski definition) is 4. The van der Waals surface area contributed by atoms with Gasteiger partial charge in [-0.15, -0.1) is 0 Å². The smallest absolute Gasteiger partial charge is 0.184 e. The van der Waals surface area contributed by atoms with Gasteiger partial charge in [-0.25, -0.2) is 4.39 Å². The molecular weight excluding hydrogens is 263 g/mol. The maximum Gasteiger partial charge on any atom is 0.184 e. The number of hydrogen-bond donors (Lipinski definition) is 1. The third-order valence-corrected chi connectivity index (χ3v) is 3.21. The van der Waals surface area contributed by atoms with E-state index in [1.54, 1.807) is 12.1 Å². The van der Waals surface area contributed by atoms with Crippen LogP contribution in [-0.4, -0.2) is 31.0 Å². The molecule has 2 rings (SSSR count). The third kappa shape index (κ3) is 3.91. The maximum atomic E-state index is 13.8. The molecule has 1 saturated heterocycles. The molecule has 0 aromatic heterocycles. The van der Waals surface area contributed by atoms with Crippen molar-refractivity contribution in [1.82, 2.24) is 0 Å². The minimum absolute atomic E-state index is 0.0150. The SMILES string of the molecule is CCOc1ccc(C2OCC(CCCCO)O2)cc1F. The molecule has 2 unspecified atom stereocenters. The monoisotopic (exact) mass is 284 g/mol. The number of aliphatic hydroxyl groups excluding tert-OH is 1. The van der Waals surface area contributed by atoms with Gasteiger partial charge in [0.05, 0.1) is 19.3 Å². The molecule has 1 heterocycles. The summed E-state index contributed by atoms with van der Waals surface area (Å²) in [6.45, 7) is 2.94. The van der Waals surface area contributed by atoms with Crippen LogP contribution in [0, 0.1) is 5.82 Å². The van der Waals surface area contributed by atoms with E-state index in [2.05, 4.69) is 0 Å². The average molecular weight is 284 g/mol. The van der Waals surface area contributed by atoms with Gasteiger partial charge in [0, 0.05) is 12.2 Å². The van der Waals surface area contributed by atoms with E-state index in [1.807, 2.05) is 6.92 Å². The lowest BCUT2D eigenvalue weighted by molar-refractivity contribution is -0.0616. The Morgan fingerprint density at radius 2 is 2.25 bits per heavy atom. The van der Waals surface area contributed by atoms with E-state index in [-0.39, 0.29) is 18.5 Å². The van der Waals surface area contributed by atoms with E-state index in [0.29, 0.717) is 18.8 Å². The molecule has 5 heteroatoms. The van der Waals surface area contributed by atoms with Crippen LogP contribution < -0.4 is 4.74 Å². The molecule has 20 heavy (non-hydrogen) atoms. The van der Waals surface area contributed by atoms with Crippen LogP contribution in [-0.2, 0) is 9.47 Å². The number of halogens is 1. The molecule has 0 spiro atoms. The molecule has 0 aliphatic carbocycles. The van der Waals surface area contributed by atoms with Gasteiger partial charge in [0.1, 0.15) is 0 Å². The van der Waals surface area contributed by atoms with E-state index < -0.39 is 12.1 Å². The van der Waals surface area contributed by atoms with Crippen LogP contribution in [0.4, 0.5) is 4.39 Å². The summed E-state index contributed by atoms with van der Waals surface area (Å²) < 4.78 is 30.2. The Bertz CT molecular complexity index is 424. The highest BCUT2D eigenvalue weighted by Crippen LogP contribution is 2.31. The van der Waals surface area contributed by atoms with E-state index >= 15 is 0 Å². The van der Waals surface area contributed by atoms with Gasteiger partial charge in [-0.05, 0) is 38.3 Å². The molecule has 1 aromatic carbocycles. The van der Waals surface area contributed by atoms with Crippen LogP contribution >= 0.6 is 0 Å². The molecule has 4 nitrogen and oxygen atoms in total. The summed E-state index contributed by atoms with van der Waals surface area (Å²) in [4.78, 5) is 0. The molecule has 0 saturated carbocycles. The van der Waals surface area contributed by atoms with Crippen LogP contribution in [0.5, 0.6) is 5.75 Å². The fourth-order valence-electron chi connectivity index (χ4n) is 2.19. The van der Waals surface area contributed by atoms with Gasteiger partial charge in [-0.1, -0.05) is 6.07 Å². The number of benzene rings is 1. The maximum absolute atomic E-state index is 13.8. The van der Waals surface area contributed by atoms with Gasteiger partial charge in [-0.2, -0.15) is 0 Å². The highest BCUT2D eigenvalue weighted by atomic mass is 19.1. The molecule has 1 N–H and O–H groups in total. The van der Waals surface area contributed by atoms with E-state index in [0.717, 1.165) is 19.3 Å². The molecule has 1 aliphatic heterocycles. The Labute approximate surface area is 118 Å². The third-order valence-electron chi connectivity index (χ3n) is 3.21. The fourth-order valence-corrected chi connectivity index (χ4v) is 2.19. The summed E-state index contributed by atoms with van der Waals surface area (Å²) >= 11 is 0. The standard InChI is InChI=1S/C15H21FO4/c1-2-18-14-7-6-11(9-13(14)16)15-19-10-12(20-15)5-3-4-8-17/h6-7,9,12,15,17H,2-5,8,10H2,1H3. The Hall–Kier alpha value is -1.17. The van der Waals surface area contributed by atoms with E-state index in [9.17, 15) is 4.39 Å². The second kappa shape index (κ2) is 7.57. The van der Waals surface area contributed by atoms with Crippen molar-refractivity contribution in [2.24, 2.45) is 0 Å². The Kier molecular flexibility index (Phi) is 5.76. The summed E-state index contributed by atoms with van der Waals surface area (Å²) in [6, 6.07) is 4.75. The van der Waals surface area contributed by atoms with Crippen LogP contribution in [0.3, 0.4) is 0 Å². The van der Waals surface area contributed by atoms with Gasteiger partial charge >= 0.3 is 0 Å². The van der Waals surface area contributed by atoms with Crippen molar-refractivity contribution in [3.63, 3.8) is 0 Å². The normalized spacial score (nSPS) is 22.1. The molecule has 0 bridgehead atoms. The van der Waals surface area contributed by atoms with Crippen molar-refractivity contribution in [3.05, 3.63) is 29.6 Å². The Morgan fingerprint density at radius 1 is 1.40 bits per heavy atom. The van der Waals surface area contributed by atoms with Crippen LogP contribution in [0.1, 0.15) is 38.0 Å². The lowest BCUT2D eigenvalue weighted by Gasteiger charge is -2.13. The molecule has 112 valence electrons. The number of rotatable bonds is 7. The molecule has 1 aromatic rings. The van der Waals surface area contributed by atoms with Crippen molar-refractivity contribution >= 4 is 0 Å². The van der Waals surface area contributed by atoms with E-state index in [4.69, 9.17) is 19.3 Å². The second-order valence-electron chi connectivity index (χ2n) is 4.77. The molecule has 2 atom stereocenters. The lowest BCUT2D eigenvalue weighted by Crippen LogP contribution is -2.09. The Balaban J connectivity index is 1.91. The first kappa shape index (κ1) is 15.2. The van der Waals surface area contributed by atoms with Crippen molar-refractivity contribution in [1.29, 1.82) is 0 Å².